The van der Waals surface area contributed by atoms with E-state index in [-0.39, 0.29) is 18.6 Å². The van der Waals surface area contributed by atoms with E-state index in [4.69, 9.17) is 0 Å². The van der Waals surface area contributed by atoms with Gasteiger partial charge in [-0.25, -0.2) is 9.18 Å². The number of rotatable bonds is 3. The third kappa shape index (κ3) is 2.32. The number of carbonyl (C=O) groups excluding carboxylic acids is 1. The molecule has 0 radical (unpaired) electrons. The van der Waals surface area contributed by atoms with Crippen LogP contribution in [-0.4, -0.2) is 19.3 Å². The Hall–Kier alpha value is -1.58. The number of aryl methyl sites for hydroxylation is 1. The Kier molecular flexibility index (Phi) is 3.39. The van der Waals surface area contributed by atoms with Gasteiger partial charge in [0, 0.05) is 6.54 Å². The molecular formula is C12H15FN2O. The van der Waals surface area contributed by atoms with E-state index in [1.54, 1.807) is 0 Å². The maximum atomic E-state index is 11.9. The van der Waals surface area contributed by atoms with Gasteiger partial charge in [0.25, 0.3) is 0 Å². The van der Waals surface area contributed by atoms with Crippen LogP contribution in [0.15, 0.2) is 24.3 Å². The highest BCUT2D eigenvalue weighted by atomic mass is 19.1. The monoisotopic (exact) mass is 222 g/mol. The minimum atomic E-state index is -0.533. The van der Waals surface area contributed by atoms with Crippen molar-refractivity contribution in [2.75, 3.05) is 13.2 Å². The molecule has 2 amide bonds. The lowest BCUT2D eigenvalue weighted by Crippen LogP contribution is -2.38. The molecular weight excluding hydrogens is 207 g/mol. The Balaban J connectivity index is 1.95. The summed E-state index contributed by atoms with van der Waals surface area (Å²) in [6.45, 7) is -0.463. The zero-order valence-corrected chi connectivity index (χ0v) is 9.00. The number of benzene rings is 1. The van der Waals surface area contributed by atoms with Gasteiger partial charge in [-0.1, -0.05) is 24.3 Å². The molecule has 0 aromatic heterocycles. The van der Waals surface area contributed by atoms with Crippen LogP contribution in [0.3, 0.4) is 0 Å². The van der Waals surface area contributed by atoms with Crippen molar-refractivity contribution in [3.05, 3.63) is 35.4 Å². The molecule has 0 bridgehead atoms. The molecule has 0 spiro atoms. The van der Waals surface area contributed by atoms with Crippen molar-refractivity contribution in [1.82, 2.24) is 10.6 Å². The van der Waals surface area contributed by atoms with Crippen LogP contribution in [0.2, 0.25) is 0 Å². The topological polar surface area (TPSA) is 41.1 Å². The molecule has 1 aromatic carbocycles. The average molecular weight is 222 g/mol. The molecule has 4 heteroatoms. The molecule has 0 fully saturated rings. The first-order chi connectivity index (χ1) is 7.81. The number of hydrogen-bond donors (Lipinski definition) is 2. The van der Waals surface area contributed by atoms with Crippen molar-refractivity contribution in [3.8, 4) is 0 Å². The standard InChI is InChI=1S/C12H15FN2O/c13-7-8-14-12(16)15-11-6-5-9-3-1-2-4-10(9)11/h1-4,11H,5-8H2,(H2,14,15,16). The minimum absolute atomic E-state index is 0.0656. The van der Waals surface area contributed by atoms with Crippen molar-refractivity contribution >= 4 is 6.03 Å². The highest BCUT2D eigenvalue weighted by Gasteiger charge is 2.22. The summed E-state index contributed by atoms with van der Waals surface area (Å²) < 4.78 is 11.9. The van der Waals surface area contributed by atoms with Crippen molar-refractivity contribution < 1.29 is 9.18 Å². The SMILES string of the molecule is O=C(NCCF)NC1CCc2ccccc21. The average Bonchev–Trinajstić information content (AvgIpc) is 2.70. The highest BCUT2D eigenvalue weighted by molar-refractivity contribution is 5.74. The summed E-state index contributed by atoms with van der Waals surface area (Å²) in [5, 5.41) is 5.32. The normalized spacial score (nSPS) is 17.9. The van der Waals surface area contributed by atoms with Gasteiger partial charge < -0.3 is 10.6 Å². The molecule has 1 aliphatic carbocycles. The number of nitrogens with one attached hydrogen (secondary N) is 2. The number of alkyl halides is 1. The fourth-order valence-electron chi connectivity index (χ4n) is 2.08. The van der Waals surface area contributed by atoms with E-state index >= 15 is 0 Å². The van der Waals surface area contributed by atoms with Crippen LogP contribution < -0.4 is 10.6 Å². The summed E-state index contributed by atoms with van der Waals surface area (Å²) in [7, 11) is 0. The summed E-state index contributed by atoms with van der Waals surface area (Å²) in [5.74, 6) is 0. The van der Waals surface area contributed by atoms with E-state index in [9.17, 15) is 9.18 Å². The van der Waals surface area contributed by atoms with Gasteiger partial charge in [0.15, 0.2) is 0 Å². The van der Waals surface area contributed by atoms with E-state index in [0.717, 1.165) is 12.8 Å². The molecule has 1 aromatic rings. The van der Waals surface area contributed by atoms with Gasteiger partial charge in [0.05, 0.1) is 6.04 Å². The molecule has 86 valence electrons. The Morgan fingerprint density at radius 3 is 3.06 bits per heavy atom. The number of fused-ring (bicyclic) bond motifs is 1. The van der Waals surface area contributed by atoms with Crippen LogP contribution in [0.4, 0.5) is 9.18 Å². The fraction of sp³-hybridized carbons (Fsp3) is 0.417. The second-order valence-electron chi connectivity index (χ2n) is 3.88. The maximum absolute atomic E-state index is 11.9. The predicted octanol–water partition coefficient (Wildman–Crippen LogP) is 1.94. The van der Waals surface area contributed by atoms with Gasteiger partial charge in [0.2, 0.25) is 0 Å². The number of hydrogen-bond acceptors (Lipinski definition) is 1. The summed E-state index contributed by atoms with van der Waals surface area (Å²) in [6.07, 6.45) is 1.91. The Morgan fingerprint density at radius 1 is 1.44 bits per heavy atom. The van der Waals surface area contributed by atoms with Crippen molar-refractivity contribution in [1.29, 1.82) is 0 Å². The first kappa shape index (κ1) is 10.9. The molecule has 16 heavy (non-hydrogen) atoms. The number of amides is 2. The molecule has 0 saturated carbocycles. The molecule has 0 heterocycles. The van der Waals surface area contributed by atoms with Crippen LogP contribution in [-0.2, 0) is 6.42 Å². The second-order valence-corrected chi connectivity index (χ2v) is 3.88. The van der Waals surface area contributed by atoms with Crippen LogP contribution in [0.1, 0.15) is 23.6 Å². The quantitative estimate of drug-likeness (QED) is 0.806. The van der Waals surface area contributed by atoms with Gasteiger partial charge in [-0.3, -0.25) is 0 Å². The van der Waals surface area contributed by atoms with Crippen molar-refractivity contribution in [2.45, 2.75) is 18.9 Å². The van der Waals surface area contributed by atoms with Crippen molar-refractivity contribution in [2.24, 2.45) is 0 Å². The third-order valence-corrected chi connectivity index (χ3v) is 2.82. The zero-order chi connectivity index (χ0) is 11.4. The number of carbonyl (C=O) groups is 1. The smallest absolute Gasteiger partial charge is 0.315 e. The van der Waals surface area contributed by atoms with E-state index in [1.807, 2.05) is 18.2 Å². The lowest BCUT2D eigenvalue weighted by molar-refractivity contribution is 0.236. The first-order valence-corrected chi connectivity index (χ1v) is 5.49. The lowest BCUT2D eigenvalue weighted by Gasteiger charge is -2.14. The van der Waals surface area contributed by atoms with Crippen LogP contribution in [0.5, 0.6) is 0 Å². The number of halogens is 1. The molecule has 1 aliphatic rings. The van der Waals surface area contributed by atoms with E-state index in [0.29, 0.717) is 0 Å². The summed E-state index contributed by atoms with van der Waals surface area (Å²) in [5.41, 5.74) is 2.47. The van der Waals surface area contributed by atoms with E-state index < -0.39 is 6.67 Å². The van der Waals surface area contributed by atoms with Crippen molar-refractivity contribution in [3.63, 3.8) is 0 Å². The van der Waals surface area contributed by atoms with Gasteiger partial charge in [-0.2, -0.15) is 0 Å². The molecule has 2 N–H and O–H groups in total. The zero-order valence-electron chi connectivity index (χ0n) is 9.00. The second kappa shape index (κ2) is 4.96. The molecule has 1 atom stereocenters. The molecule has 3 nitrogen and oxygen atoms in total. The Morgan fingerprint density at radius 2 is 2.25 bits per heavy atom. The van der Waals surface area contributed by atoms with E-state index in [1.165, 1.54) is 11.1 Å². The van der Waals surface area contributed by atoms with Gasteiger partial charge >= 0.3 is 6.03 Å². The largest absolute Gasteiger partial charge is 0.336 e. The number of urea groups is 1. The molecule has 0 saturated heterocycles. The first-order valence-electron chi connectivity index (χ1n) is 5.49. The van der Waals surface area contributed by atoms with Crippen LogP contribution in [0, 0.1) is 0 Å². The molecule has 2 rings (SSSR count). The summed E-state index contributed by atoms with van der Waals surface area (Å²) >= 11 is 0. The summed E-state index contributed by atoms with van der Waals surface area (Å²) in [6, 6.07) is 7.86. The minimum Gasteiger partial charge on any atom is -0.336 e. The van der Waals surface area contributed by atoms with Gasteiger partial charge in [-0.15, -0.1) is 0 Å². The Labute approximate surface area is 94.0 Å². The highest BCUT2D eigenvalue weighted by Crippen LogP contribution is 2.30. The van der Waals surface area contributed by atoms with E-state index in [2.05, 4.69) is 16.7 Å². The third-order valence-electron chi connectivity index (χ3n) is 2.82. The molecule has 0 aliphatic heterocycles. The Bertz CT molecular complexity index is 381. The van der Waals surface area contributed by atoms with Gasteiger partial charge in [0.1, 0.15) is 6.67 Å². The van der Waals surface area contributed by atoms with Crippen LogP contribution >= 0.6 is 0 Å². The summed E-state index contributed by atoms with van der Waals surface area (Å²) in [4.78, 5) is 11.4. The van der Waals surface area contributed by atoms with Gasteiger partial charge in [-0.05, 0) is 24.0 Å². The lowest BCUT2D eigenvalue weighted by atomic mass is 10.1. The molecule has 1 unspecified atom stereocenters. The maximum Gasteiger partial charge on any atom is 0.315 e. The fourth-order valence-corrected chi connectivity index (χ4v) is 2.08. The van der Waals surface area contributed by atoms with Crippen LogP contribution in [0.25, 0.3) is 0 Å². The predicted molar refractivity (Wildman–Crippen MR) is 60.0 cm³/mol.